The summed E-state index contributed by atoms with van der Waals surface area (Å²) in [6.07, 6.45) is 75.9. The number of quaternary nitrogens is 1. The van der Waals surface area contributed by atoms with Gasteiger partial charge in [-0.05, 0) is 96.3 Å². The molecule has 424 valence electrons. The van der Waals surface area contributed by atoms with Crippen LogP contribution in [0.15, 0.2) is 109 Å². The van der Waals surface area contributed by atoms with Crippen LogP contribution in [0.3, 0.4) is 0 Å². The molecule has 0 amide bonds. The quantitative estimate of drug-likeness (QED) is 0.0211. The third-order valence-electron chi connectivity index (χ3n) is 12.3. The maximum atomic E-state index is 12.8. The molecule has 9 nitrogen and oxygen atoms in total. The van der Waals surface area contributed by atoms with Crippen LogP contribution in [-0.4, -0.2) is 74.9 Å². The largest absolute Gasteiger partial charge is 0.472 e. The van der Waals surface area contributed by atoms with Crippen molar-refractivity contribution in [2.75, 3.05) is 47.5 Å². The molecule has 0 saturated heterocycles. The summed E-state index contributed by atoms with van der Waals surface area (Å²) >= 11 is 0. The molecule has 0 fully saturated rings. The second-order valence-corrected chi connectivity index (χ2v) is 22.1. The number of unbranched alkanes of at least 4 members (excludes halogenated alkanes) is 21. The number of hydrogen-bond acceptors (Lipinski definition) is 7. The molecular weight excluding hydrogens is 942 g/mol. The summed E-state index contributed by atoms with van der Waals surface area (Å²) in [7, 11) is 1.46. The Morgan fingerprint density at radius 1 is 0.419 bits per heavy atom. The van der Waals surface area contributed by atoms with Gasteiger partial charge in [0.2, 0.25) is 0 Å². The van der Waals surface area contributed by atoms with Gasteiger partial charge in [-0.1, -0.05) is 232 Å². The first kappa shape index (κ1) is 70.7. The lowest BCUT2D eigenvalue weighted by atomic mass is 10.0. The highest BCUT2D eigenvalue weighted by Crippen LogP contribution is 2.43. The van der Waals surface area contributed by atoms with Crippen molar-refractivity contribution in [3.8, 4) is 0 Å². The number of allylic oxidation sites excluding steroid dienone is 18. The van der Waals surface area contributed by atoms with Crippen molar-refractivity contribution in [1.29, 1.82) is 0 Å². The molecular formula is C64H111NO8P+. The van der Waals surface area contributed by atoms with Crippen molar-refractivity contribution >= 4 is 19.8 Å². The number of rotatable bonds is 53. The number of carbonyl (C=O) groups is 2. The monoisotopic (exact) mass is 1050 g/mol. The minimum atomic E-state index is -4.40. The molecule has 0 bridgehead atoms. The van der Waals surface area contributed by atoms with Crippen molar-refractivity contribution in [3.63, 3.8) is 0 Å². The molecule has 0 radical (unpaired) electrons. The Bertz CT molecular complexity index is 1620. The van der Waals surface area contributed by atoms with Gasteiger partial charge in [-0.2, -0.15) is 0 Å². The second-order valence-electron chi connectivity index (χ2n) is 20.6. The van der Waals surface area contributed by atoms with Gasteiger partial charge in [0.1, 0.15) is 19.8 Å². The van der Waals surface area contributed by atoms with Gasteiger partial charge in [-0.15, -0.1) is 0 Å². The van der Waals surface area contributed by atoms with Gasteiger partial charge in [-0.25, -0.2) is 4.57 Å². The van der Waals surface area contributed by atoms with E-state index in [2.05, 4.69) is 123 Å². The Morgan fingerprint density at radius 3 is 1.08 bits per heavy atom. The van der Waals surface area contributed by atoms with E-state index in [0.717, 1.165) is 116 Å². The smallest absolute Gasteiger partial charge is 0.462 e. The van der Waals surface area contributed by atoms with Crippen LogP contribution in [0.5, 0.6) is 0 Å². The minimum Gasteiger partial charge on any atom is -0.462 e. The molecule has 1 N–H and O–H groups in total. The number of esters is 2. The molecule has 10 heteroatoms. The fourth-order valence-corrected chi connectivity index (χ4v) is 8.54. The average molecular weight is 1050 g/mol. The van der Waals surface area contributed by atoms with E-state index in [4.69, 9.17) is 18.5 Å². The van der Waals surface area contributed by atoms with Gasteiger partial charge < -0.3 is 18.9 Å². The van der Waals surface area contributed by atoms with Crippen molar-refractivity contribution in [2.45, 2.75) is 238 Å². The Kier molecular flexibility index (Phi) is 52.0. The number of hydrogen-bond donors (Lipinski definition) is 1. The Morgan fingerprint density at radius 2 is 0.730 bits per heavy atom. The van der Waals surface area contributed by atoms with E-state index in [0.29, 0.717) is 17.4 Å². The van der Waals surface area contributed by atoms with E-state index >= 15 is 0 Å². The summed E-state index contributed by atoms with van der Waals surface area (Å²) < 4.78 is 34.6. The minimum absolute atomic E-state index is 0.0245. The van der Waals surface area contributed by atoms with Crippen molar-refractivity contribution in [1.82, 2.24) is 0 Å². The molecule has 2 unspecified atom stereocenters. The summed E-state index contributed by atoms with van der Waals surface area (Å²) in [5.74, 6) is -0.816. The van der Waals surface area contributed by atoms with Crippen LogP contribution < -0.4 is 0 Å². The maximum Gasteiger partial charge on any atom is 0.472 e. The van der Waals surface area contributed by atoms with Gasteiger partial charge in [0, 0.05) is 12.8 Å². The van der Waals surface area contributed by atoms with E-state index in [-0.39, 0.29) is 32.0 Å². The number of ether oxygens (including phenoxy) is 2. The molecule has 0 spiro atoms. The van der Waals surface area contributed by atoms with Crippen LogP contribution in [-0.2, 0) is 32.7 Å². The SMILES string of the molecule is CC/C=C\C/C=C\C/C=C\C/C=C\C/C=C\CCCCCCCCCCCCCCCCCC(=O)OC(COC(=O)CCCCCCCC/C=C\C/C=C\C/C=C\C/C=C\CC)COP(=O)(O)OCC[N+](C)(C)C. The van der Waals surface area contributed by atoms with Crippen LogP contribution in [0.4, 0.5) is 0 Å². The van der Waals surface area contributed by atoms with Crippen LogP contribution >= 0.6 is 7.82 Å². The Labute approximate surface area is 455 Å². The fraction of sp³-hybridized carbons (Fsp3) is 0.688. The summed E-state index contributed by atoms with van der Waals surface area (Å²) in [6, 6.07) is 0. The molecule has 2 atom stereocenters. The zero-order valence-corrected chi connectivity index (χ0v) is 48.9. The lowest BCUT2D eigenvalue weighted by Gasteiger charge is -2.24. The van der Waals surface area contributed by atoms with Gasteiger partial charge in [0.05, 0.1) is 27.7 Å². The molecule has 74 heavy (non-hydrogen) atoms. The van der Waals surface area contributed by atoms with E-state index < -0.39 is 26.5 Å². The number of likely N-dealkylation sites (N-methyl/N-ethyl adjacent to an activating group) is 1. The van der Waals surface area contributed by atoms with Crippen molar-refractivity contribution in [2.24, 2.45) is 0 Å². The van der Waals surface area contributed by atoms with Crippen LogP contribution in [0.2, 0.25) is 0 Å². The molecule has 0 aliphatic heterocycles. The highest BCUT2D eigenvalue weighted by Gasteiger charge is 2.27. The van der Waals surface area contributed by atoms with Crippen molar-refractivity contribution < 1.29 is 42.1 Å². The summed E-state index contributed by atoms with van der Waals surface area (Å²) in [6.45, 7) is 4.19. The van der Waals surface area contributed by atoms with Crippen LogP contribution in [0, 0.1) is 0 Å². The molecule has 0 aliphatic carbocycles. The molecule has 0 rings (SSSR count). The number of phosphoric acid groups is 1. The summed E-state index contributed by atoms with van der Waals surface area (Å²) in [4.78, 5) is 35.7. The standard InChI is InChI=1S/C64H110NO8P/c1-6-8-10-12-14-16-18-20-22-24-26-27-28-29-30-31-32-33-34-35-36-37-39-41-43-45-47-49-51-53-55-57-64(67)73-62(61-72-74(68,69)71-59-58-65(3,4)5)60-70-63(66)56-54-52-50-48-46-44-42-40-38-25-23-21-19-17-15-13-11-9-7-2/h8-11,14-17,20-23,26-27,29-30,38,40,62H,6-7,12-13,18-19,24-25,28,31-37,39,41-61H2,1-5H3/p+1/b10-8-,11-9-,16-14-,17-15-,22-20-,23-21-,27-26-,30-29-,40-38-. The number of carbonyl (C=O) groups excluding carboxylic acids is 2. The van der Waals surface area contributed by atoms with E-state index in [9.17, 15) is 19.0 Å². The average Bonchev–Trinajstić information content (AvgIpc) is 3.36. The number of phosphoric ester groups is 1. The van der Waals surface area contributed by atoms with E-state index in [1.807, 2.05) is 21.1 Å². The molecule has 0 heterocycles. The van der Waals surface area contributed by atoms with Crippen molar-refractivity contribution in [3.05, 3.63) is 109 Å². The molecule has 0 aromatic rings. The third kappa shape index (κ3) is 57.9. The maximum absolute atomic E-state index is 12.8. The zero-order chi connectivity index (χ0) is 54.2. The topological polar surface area (TPSA) is 108 Å². The second kappa shape index (κ2) is 54.5. The van der Waals surface area contributed by atoms with Gasteiger partial charge in [0.15, 0.2) is 6.10 Å². The lowest BCUT2D eigenvalue weighted by Crippen LogP contribution is -2.37. The molecule has 0 aliphatic rings. The first-order chi connectivity index (χ1) is 36.0. The zero-order valence-electron chi connectivity index (χ0n) is 48.0. The summed E-state index contributed by atoms with van der Waals surface area (Å²) in [5, 5.41) is 0. The molecule has 0 aromatic heterocycles. The van der Waals surface area contributed by atoms with Gasteiger partial charge in [0.25, 0.3) is 0 Å². The summed E-state index contributed by atoms with van der Waals surface area (Å²) in [5.41, 5.74) is 0. The Balaban J connectivity index is 4.14. The van der Waals surface area contributed by atoms with Crippen LogP contribution in [0.25, 0.3) is 0 Å². The van der Waals surface area contributed by atoms with Crippen LogP contribution in [0.1, 0.15) is 232 Å². The normalized spacial score (nSPS) is 14.1. The lowest BCUT2D eigenvalue weighted by molar-refractivity contribution is -0.870. The predicted octanol–water partition coefficient (Wildman–Crippen LogP) is 18.6. The third-order valence-corrected chi connectivity index (χ3v) is 13.3. The van der Waals surface area contributed by atoms with E-state index in [1.165, 1.54) is 83.5 Å². The fourth-order valence-electron chi connectivity index (χ4n) is 7.80. The predicted molar refractivity (Wildman–Crippen MR) is 316 cm³/mol. The first-order valence-electron chi connectivity index (χ1n) is 29.6. The van der Waals surface area contributed by atoms with E-state index in [1.54, 1.807) is 0 Å². The first-order valence-corrected chi connectivity index (χ1v) is 31.1. The number of nitrogens with zero attached hydrogens (tertiary/aromatic N) is 1. The highest BCUT2D eigenvalue weighted by molar-refractivity contribution is 7.47. The highest BCUT2D eigenvalue weighted by atomic mass is 31.2. The molecule has 0 saturated carbocycles. The molecule has 0 aromatic carbocycles. The van der Waals surface area contributed by atoms with Gasteiger partial charge >= 0.3 is 19.8 Å². The Hall–Kier alpha value is -3.33. The van der Waals surface area contributed by atoms with Gasteiger partial charge in [-0.3, -0.25) is 18.6 Å².